The Morgan fingerprint density at radius 3 is 2.90 bits per heavy atom. The summed E-state index contributed by atoms with van der Waals surface area (Å²) in [6.45, 7) is 2.60. The molecule has 4 heterocycles. The highest BCUT2D eigenvalue weighted by molar-refractivity contribution is 5.53. The van der Waals surface area contributed by atoms with Gasteiger partial charge < -0.3 is 4.57 Å². The molecule has 0 radical (unpaired) electrons. The van der Waals surface area contributed by atoms with Gasteiger partial charge in [0.15, 0.2) is 5.82 Å². The number of nitriles is 1. The summed E-state index contributed by atoms with van der Waals surface area (Å²) < 4.78 is 2.15. The van der Waals surface area contributed by atoms with Crippen molar-refractivity contribution in [1.82, 2.24) is 24.4 Å². The molecule has 0 bridgehead atoms. The molecule has 1 aliphatic heterocycles. The zero-order valence-electron chi connectivity index (χ0n) is 16.4. The second kappa shape index (κ2) is 7.90. The van der Waals surface area contributed by atoms with Gasteiger partial charge in [-0.1, -0.05) is 6.07 Å². The molecule has 30 heavy (non-hydrogen) atoms. The lowest BCUT2D eigenvalue weighted by Gasteiger charge is -2.28. The molecule has 5 rings (SSSR count). The number of fused-ring (bicyclic) bond motifs is 1. The second-order valence-corrected chi connectivity index (χ2v) is 7.40. The molecule has 0 aliphatic carbocycles. The topological polar surface area (TPSA) is 70.6 Å². The normalized spacial score (nSPS) is 13.6. The molecule has 4 aromatic rings. The van der Waals surface area contributed by atoms with Crippen molar-refractivity contribution in [1.29, 1.82) is 5.26 Å². The first-order valence-corrected chi connectivity index (χ1v) is 9.94. The molecular weight excluding hydrogens is 372 g/mol. The van der Waals surface area contributed by atoms with Gasteiger partial charge in [0.2, 0.25) is 0 Å². The molecule has 6 nitrogen and oxygen atoms in total. The number of pyridine rings is 1. The van der Waals surface area contributed by atoms with Crippen LogP contribution in [0, 0.1) is 11.3 Å². The van der Waals surface area contributed by atoms with E-state index in [0.717, 1.165) is 48.8 Å². The van der Waals surface area contributed by atoms with E-state index in [-0.39, 0.29) is 0 Å². The predicted molar refractivity (Wildman–Crippen MR) is 114 cm³/mol. The van der Waals surface area contributed by atoms with E-state index in [1.807, 2.05) is 48.8 Å². The second-order valence-electron chi connectivity index (χ2n) is 7.40. The largest absolute Gasteiger partial charge is 0.320 e. The highest BCUT2D eigenvalue weighted by atomic mass is 15.2. The summed E-state index contributed by atoms with van der Waals surface area (Å²) in [5.74, 6) is 0.738. The van der Waals surface area contributed by atoms with E-state index in [0.29, 0.717) is 5.56 Å². The van der Waals surface area contributed by atoms with Crippen molar-refractivity contribution in [3.63, 3.8) is 0 Å². The Balaban J connectivity index is 1.34. The summed E-state index contributed by atoms with van der Waals surface area (Å²) in [7, 11) is 0. The highest BCUT2D eigenvalue weighted by Gasteiger charge is 2.20. The summed E-state index contributed by atoms with van der Waals surface area (Å²) in [4.78, 5) is 15.9. The Hall–Kier alpha value is -3.82. The summed E-state index contributed by atoms with van der Waals surface area (Å²) in [6, 6.07) is 18.0. The SMILES string of the molecule is N#Cc1cccc(-n2cccc2CN2CCc3nc(-c4cccnc4)ncc3C2)c1. The molecule has 0 atom stereocenters. The van der Waals surface area contributed by atoms with E-state index in [2.05, 4.69) is 37.6 Å². The molecule has 1 aromatic carbocycles. The Morgan fingerprint density at radius 1 is 1.07 bits per heavy atom. The van der Waals surface area contributed by atoms with Crippen molar-refractivity contribution in [3.8, 4) is 23.1 Å². The van der Waals surface area contributed by atoms with Crippen molar-refractivity contribution >= 4 is 0 Å². The molecule has 0 saturated heterocycles. The van der Waals surface area contributed by atoms with Crippen molar-refractivity contribution < 1.29 is 0 Å². The molecular formula is C24H20N6. The minimum Gasteiger partial charge on any atom is -0.320 e. The molecule has 0 fully saturated rings. The van der Waals surface area contributed by atoms with E-state index >= 15 is 0 Å². The van der Waals surface area contributed by atoms with Gasteiger partial charge in [-0.25, -0.2) is 9.97 Å². The lowest BCUT2D eigenvalue weighted by Crippen LogP contribution is -2.31. The summed E-state index contributed by atoms with van der Waals surface area (Å²) in [5, 5.41) is 9.19. The lowest BCUT2D eigenvalue weighted by molar-refractivity contribution is 0.239. The molecule has 1 aliphatic rings. The van der Waals surface area contributed by atoms with Crippen LogP contribution in [0.3, 0.4) is 0 Å². The van der Waals surface area contributed by atoms with Gasteiger partial charge in [-0.3, -0.25) is 9.88 Å². The minimum atomic E-state index is 0.667. The van der Waals surface area contributed by atoms with Gasteiger partial charge in [0.1, 0.15) is 0 Å². The molecule has 6 heteroatoms. The van der Waals surface area contributed by atoms with Gasteiger partial charge in [0.25, 0.3) is 0 Å². The number of aromatic nitrogens is 4. The maximum atomic E-state index is 9.19. The van der Waals surface area contributed by atoms with Crippen molar-refractivity contribution in [2.24, 2.45) is 0 Å². The third-order valence-corrected chi connectivity index (χ3v) is 5.40. The van der Waals surface area contributed by atoms with Crippen LogP contribution in [0.4, 0.5) is 0 Å². The van der Waals surface area contributed by atoms with E-state index in [1.165, 1.54) is 11.3 Å². The van der Waals surface area contributed by atoms with Gasteiger partial charge in [-0.2, -0.15) is 5.26 Å². The Kier molecular flexibility index (Phi) is 4.80. The third kappa shape index (κ3) is 3.59. The summed E-state index contributed by atoms with van der Waals surface area (Å²) >= 11 is 0. The lowest BCUT2D eigenvalue weighted by atomic mass is 10.1. The quantitative estimate of drug-likeness (QED) is 0.529. The van der Waals surface area contributed by atoms with Crippen LogP contribution in [0.15, 0.2) is 73.3 Å². The molecule has 0 N–H and O–H groups in total. The first-order chi connectivity index (χ1) is 14.8. The first kappa shape index (κ1) is 18.2. The van der Waals surface area contributed by atoms with E-state index in [9.17, 15) is 5.26 Å². The number of rotatable bonds is 4. The van der Waals surface area contributed by atoms with Gasteiger partial charge in [-0.05, 0) is 42.5 Å². The summed E-state index contributed by atoms with van der Waals surface area (Å²) in [6.07, 6.45) is 8.45. The average molecular weight is 392 g/mol. The van der Waals surface area contributed by atoms with Gasteiger partial charge in [0, 0.05) is 73.4 Å². The molecule has 0 amide bonds. The Morgan fingerprint density at radius 2 is 2.03 bits per heavy atom. The number of hydrogen-bond donors (Lipinski definition) is 0. The summed E-state index contributed by atoms with van der Waals surface area (Å²) in [5.41, 5.74) is 6.12. The maximum Gasteiger partial charge on any atom is 0.160 e. The molecule has 0 saturated carbocycles. The zero-order valence-corrected chi connectivity index (χ0v) is 16.4. The van der Waals surface area contributed by atoms with Crippen LogP contribution in [-0.4, -0.2) is 31.0 Å². The first-order valence-electron chi connectivity index (χ1n) is 9.94. The predicted octanol–water partition coefficient (Wildman–Crippen LogP) is 3.76. The highest BCUT2D eigenvalue weighted by Crippen LogP contribution is 2.23. The van der Waals surface area contributed by atoms with Crippen LogP contribution in [-0.2, 0) is 19.5 Å². The van der Waals surface area contributed by atoms with Crippen molar-refractivity contribution in [2.75, 3.05) is 6.54 Å². The molecule has 146 valence electrons. The van der Waals surface area contributed by atoms with Crippen LogP contribution < -0.4 is 0 Å². The van der Waals surface area contributed by atoms with E-state index in [4.69, 9.17) is 4.98 Å². The van der Waals surface area contributed by atoms with E-state index < -0.39 is 0 Å². The van der Waals surface area contributed by atoms with Gasteiger partial charge >= 0.3 is 0 Å². The van der Waals surface area contributed by atoms with Crippen molar-refractivity contribution in [2.45, 2.75) is 19.5 Å². The van der Waals surface area contributed by atoms with Gasteiger partial charge in [0.05, 0.1) is 17.3 Å². The third-order valence-electron chi connectivity index (χ3n) is 5.40. The number of benzene rings is 1. The fourth-order valence-corrected chi connectivity index (χ4v) is 3.90. The van der Waals surface area contributed by atoms with Crippen LogP contribution in [0.25, 0.3) is 17.1 Å². The Bertz CT molecular complexity index is 1220. The average Bonchev–Trinajstić information content (AvgIpc) is 3.27. The monoisotopic (exact) mass is 392 g/mol. The Labute approximate surface area is 175 Å². The van der Waals surface area contributed by atoms with Crippen molar-refractivity contribution in [3.05, 3.63) is 95.8 Å². The maximum absolute atomic E-state index is 9.19. The van der Waals surface area contributed by atoms with Crippen LogP contribution in [0.5, 0.6) is 0 Å². The van der Waals surface area contributed by atoms with Crippen LogP contribution >= 0.6 is 0 Å². The fourth-order valence-electron chi connectivity index (χ4n) is 3.90. The standard InChI is InChI=1S/C24H20N6/c25-13-18-4-1-6-21(12-18)30-10-3-7-22(30)17-29-11-8-23-20(16-29)15-27-24(28-23)19-5-2-9-26-14-19/h1-7,9-10,12,14-15H,8,11,16-17H2. The minimum absolute atomic E-state index is 0.667. The van der Waals surface area contributed by atoms with Gasteiger partial charge in [-0.15, -0.1) is 0 Å². The zero-order chi connectivity index (χ0) is 20.3. The number of nitrogens with zero attached hydrogens (tertiary/aromatic N) is 6. The van der Waals surface area contributed by atoms with E-state index in [1.54, 1.807) is 12.4 Å². The fraction of sp³-hybridized carbons (Fsp3) is 0.167. The molecule has 0 spiro atoms. The molecule has 0 unspecified atom stereocenters. The van der Waals surface area contributed by atoms with Crippen LogP contribution in [0.1, 0.15) is 22.5 Å². The molecule has 3 aromatic heterocycles. The van der Waals surface area contributed by atoms with Crippen LogP contribution in [0.2, 0.25) is 0 Å². The number of hydrogen-bond acceptors (Lipinski definition) is 5. The smallest absolute Gasteiger partial charge is 0.160 e.